The van der Waals surface area contributed by atoms with E-state index in [0.717, 1.165) is 49.0 Å². The predicted molar refractivity (Wildman–Crippen MR) is 134 cm³/mol. The number of nitrogens with zero attached hydrogens (tertiary/aromatic N) is 2. The molecule has 3 atom stereocenters. The van der Waals surface area contributed by atoms with Crippen LogP contribution in [-0.2, 0) is 24.7 Å². The van der Waals surface area contributed by atoms with Crippen LogP contribution < -0.4 is 4.74 Å². The van der Waals surface area contributed by atoms with Crippen LogP contribution in [0, 0.1) is 12.8 Å². The Bertz CT molecular complexity index is 1130. The maximum absolute atomic E-state index is 13.6. The molecule has 1 unspecified atom stereocenters. The molecule has 2 aliphatic carbocycles. The van der Waals surface area contributed by atoms with Gasteiger partial charge < -0.3 is 24.6 Å². The third kappa shape index (κ3) is 3.14. The summed E-state index contributed by atoms with van der Waals surface area (Å²) in [7, 11) is 3.86. The number of rotatable bonds is 4. The standard InChI is InChI=1S/C28H39N3O3/c1-15(2)31(16(3)4)27(33)25-17(5)19-13-20-22-12-18-8-9-23(34-7)26(32)24(18)28(20,10-11-30(22)6)14-21(19)29-25/h8-9,15-16,20,22,29,32H,10-14H2,1-7H3/t20-,22+,28?/m0/s1. The topological polar surface area (TPSA) is 68.8 Å². The molecule has 34 heavy (non-hydrogen) atoms. The number of carbonyl (C=O) groups is 1. The highest BCUT2D eigenvalue weighted by atomic mass is 16.5. The molecular weight excluding hydrogens is 426 g/mol. The molecule has 1 saturated heterocycles. The van der Waals surface area contributed by atoms with Crippen molar-refractivity contribution >= 4 is 5.91 Å². The second kappa shape index (κ2) is 8.04. The number of hydrogen-bond donors (Lipinski definition) is 2. The minimum atomic E-state index is -0.149. The SMILES string of the molecule is COc1ccc2c(c1O)C13CCN(C)[C@H](C2)[C@@H]1Cc1c([nH]c(C(=O)N(C(C)C)C(C)C)c1C)C3. The van der Waals surface area contributed by atoms with Crippen molar-refractivity contribution in [1.29, 1.82) is 0 Å². The molecule has 184 valence electrons. The van der Waals surface area contributed by atoms with Crippen LogP contribution in [0.5, 0.6) is 11.5 Å². The average Bonchev–Trinajstić information content (AvgIpc) is 3.09. The van der Waals surface area contributed by atoms with E-state index in [1.807, 2.05) is 11.0 Å². The molecule has 1 fully saturated rings. The number of aromatic amines is 1. The Hall–Kier alpha value is -2.47. The summed E-state index contributed by atoms with van der Waals surface area (Å²) in [5, 5.41) is 11.3. The van der Waals surface area contributed by atoms with Gasteiger partial charge >= 0.3 is 0 Å². The number of amides is 1. The first-order valence-corrected chi connectivity index (χ1v) is 12.7. The number of carbonyl (C=O) groups excluding carboxylic acids is 1. The lowest BCUT2D eigenvalue weighted by Gasteiger charge is -2.58. The number of phenolic OH excluding ortho intramolecular Hbond substituents is 1. The van der Waals surface area contributed by atoms with Gasteiger partial charge in [0.2, 0.25) is 0 Å². The lowest BCUT2D eigenvalue weighted by Crippen LogP contribution is -2.61. The third-order valence-corrected chi connectivity index (χ3v) is 8.97. The number of likely N-dealkylation sites (tertiary alicyclic amines) is 1. The van der Waals surface area contributed by atoms with Gasteiger partial charge in [0, 0.05) is 34.8 Å². The number of fused-ring (bicyclic) bond motifs is 2. The average molecular weight is 466 g/mol. The van der Waals surface area contributed by atoms with E-state index < -0.39 is 0 Å². The molecule has 1 aromatic heterocycles. The summed E-state index contributed by atoms with van der Waals surface area (Å²) in [5.74, 6) is 1.34. The summed E-state index contributed by atoms with van der Waals surface area (Å²) in [6, 6.07) is 4.75. The van der Waals surface area contributed by atoms with E-state index in [1.54, 1.807) is 7.11 Å². The molecule has 6 nitrogen and oxygen atoms in total. The molecule has 1 aliphatic heterocycles. The van der Waals surface area contributed by atoms with Crippen molar-refractivity contribution in [2.24, 2.45) is 5.92 Å². The fourth-order valence-electron chi connectivity index (χ4n) is 7.45. The summed E-state index contributed by atoms with van der Waals surface area (Å²) < 4.78 is 5.52. The van der Waals surface area contributed by atoms with Crippen molar-refractivity contribution in [3.05, 3.63) is 45.8 Å². The van der Waals surface area contributed by atoms with Crippen molar-refractivity contribution in [3.63, 3.8) is 0 Å². The number of aromatic nitrogens is 1. The zero-order valence-corrected chi connectivity index (χ0v) is 21.7. The molecule has 0 radical (unpaired) electrons. The van der Waals surface area contributed by atoms with Crippen LogP contribution in [0.15, 0.2) is 12.1 Å². The van der Waals surface area contributed by atoms with Crippen molar-refractivity contribution in [3.8, 4) is 11.5 Å². The molecule has 1 amide bonds. The lowest BCUT2D eigenvalue weighted by atomic mass is 9.52. The molecule has 5 rings (SSSR count). The molecule has 0 spiro atoms. The van der Waals surface area contributed by atoms with Crippen molar-refractivity contribution in [1.82, 2.24) is 14.8 Å². The number of piperidine rings is 1. The van der Waals surface area contributed by atoms with Crippen molar-refractivity contribution in [2.75, 3.05) is 20.7 Å². The minimum absolute atomic E-state index is 0.0855. The van der Waals surface area contributed by atoms with Crippen molar-refractivity contribution < 1.29 is 14.6 Å². The molecule has 2 N–H and O–H groups in total. The number of methoxy groups -OCH3 is 1. The highest BCUT2D eigenvalue weighted by Gasteiger charge is 2.56. The van der Waals surface area contributed by atoms with Gasteiger partial charge in [-0.3, -0.25) is 4.79 Å². The second-order valence-electron chi connectivity index (χ2n) is 11.3. The molecule has 2 aromatic rings. The maximum Gasteiger partial charge on any atom is 0.271 e. The van der Waals surface area contributed by atoms with Crippen LogP contribution in [0.2, 0.25) is 0 Å². The Kier molecular flexibility index (Phi) is 5.51. The van der Waals surface area contributed by atoms with Gasteiger partial charge in [0.05, 0.1) is 7.11 Å². The summed E-state index contributed by atoms with van der Waals surface area (Å²) >= 11 is 0. The number of H-pyrrole nitrogens is 1. The number of ether oxygens (including phenoxy) is 1. The van der Waals surface area contributed by atoms with Gasteiger partial charge in [-0.1, -0.05) is 6.07 Å². The summed E-state index contributed by atoms with van der Waals surface area (Å²) in [5.41, 5.74) is 6.48. The number of likely N-dealkylation sites (N-methyl/N-ethyl adjacent to an activating group) is 1. The summed E-state index contributed by atoms with van der Waals surface area (Å²) in [4.78, 5) is 21.7. The smallest absolute Gasteiger partial charge is 0.271 e. The van der Waals surface area contributed by atoms with Crippen LogP contribution in [0.25, 0.3) is 0 Å². The van der Waals surface area contributed by atoms with Crippen LogP contribution in [0.1, 0.15) is 72.6 Å². The van der Waals surface area contributed by atoms with Gasteiger partial charge in [0.25, 0.3) is 5.91 Å². The third-order valence-electron chi connectivity index (χ3n) is 8.97. The fourth-order valence-corrected chi connectivity index (χ4v) is 7.45. The van der Waals surface area contributed by atoms with E-state index in [1.165, 1.54) is 16.8 Å². The Morgan fingerprint density at radius 1 is 1.24 bits per heavy atom. The highest BCUT2D eigenvalue weighted by molar-refractivity contribution is 5.95. The van der Waals surface area contributed by atoms with Gasteiger partial charge in [0.15, 0.2) is 11.5 Å². The van der Waals surface area contributed by atoms with Crippen LogP contribution in [0.4, 0.5) is 0 Å². The zero-order valence-electron chi connectivity index (χ0n) is 21.7. The summed E-state index contributed by atoms with van der Waals surface area (Å²) in [6.07, 6.45) is 3.68. The number of benzene rings is 1. The molecule has 2 heterocycles. The maximum atomic E-state index is 13.6. The molecule has 1 aromatic carbocycles. The monoisotopic (exact) mass is 465 g/mol. The van der Waals surface area contributed by atoms with Gasteiger partial charge in [-0.05, 0) is 103 Å². The number of nitrogens with one attached hydrogen (secondary N) is 1. The number of hydrogen-bond acceptors (Lipinski definition) is 4. The first-order chi connectivity index (χ1) is 16.1. The molecule has 0 saturated carbocycles. The normalized spacial score (nSPS) is 25.7. The van der Waals surface area contributed by atoms with Gasteiger partial charge in [-0.25, -0.2) is 0 Å². The van der Waals surface area contributed by atoms with E-state index in [2.05, 4.69) is 57.6 Å². The minimum Gasteiger partial charge on any atom is -0.504 e. The lowest BCUT2D eigenvalue weighted by molar-refractivity contribution is 0.0221. The Morgan fingerprint density at radius 2 is 1.94 bits per heavy atom. The van der Waals surface area contributed by atoms with E-state index >= 15 is 0 Å². The molecule has 2 bridgehead atoms. The van der Waals surface area contributed by atoms with Crippen LogP contribution in [-0.4, -0.2) is 64.6 Å². The van der Waals surface area contributed by atoms with Gasteiger partial charge in [0.1, 0.15) is 5.69 Å². The first kappa shape index (κ1) is 23.3. The Balaban J connectivity index is 1.64. The van der Waals surface area contributed by atoms with Gasteiger partial charge in [-0.2, -0.15) is 0 Å². The van der Waals surface area contributed by atoms with E-state index in [-0.39, 0.29) is 23.4 Å². The second-order valence-corrected chi connectivity index (χ2v) is 11.3. The molecule has 3 aliphatic rings. The quantitative estimate of drug-likeness (QED) is 0.710. The molecular formula is C28H39N3O3. The molecule has 6 heteroatoms. The first-order valence-electron chi connectivity index (χ1n) is 12.7. The fraction of sp³-hybridized carbons (Fsp3) is 0.607. The predicted octanol–water partition coefficient (Wildman–Crippen LogP) is 4.21. The van der Waals surface area contributed by atoms with Crippen LogP contribution >= 0.6 is 0 Å². The van der Waals surface area contributed by atoms with Crippen LogP contribution in [0.3, 0.4) is 0 Å². The Morgan fingerprint density at radius 3 is 2.59 bits per heavy atom. The Labute approximate surface area is 203 Å². The number of phenols is 1. The van der Waals surface area contributed by atoms with Crippen molar-refractivity contribution in [2.45, 2.75) is 83.8 Å². The largest absolute Gasteiger partial charge is 0.504 e. The number of aromatic hydroxyl groups is 1. The summed E-state index contributed by atoms with van der Waals surface area (Å²) in [6.45, 7) is 11.4. The highest BCUT2D eigenvalue weighted by Crippen LogP contribution is 2.58. The van der Waals surface area contributed by atoms with Gasteiger partial charge in [-0.15, -0.1) is 0 Å². The van der Waals surface area contributed by atoms with E-state index in [9.17, 15) is 9.90 Å². The zero-order chi connectivity index (χ0) is 24.5. The van der Waals surface area contributed by atoms with E-state index in [4.69, 9.17) is 4.74 Å². The van der Waals surface area contributed by atoms with E-state index in [0.29, 0.717) is 23.5 Å².